The van der Waals surface area contributed by atoms with Gasteiger partial charge in [0.15, 0.2) is 11.6 Å². The third kappa shape index (κ3) is 1.23. The number of carbonyl (C=O) groups is 3. The highest BCUT2D eigenvalue weighted by molar-refractivity contribution is 6.30. The number of H-pyrrole nitrogens is 1. The maximum atomic E-state index is 12.3. The van der Waals surface area contributed by atoms with Gasteiger partial charge in [-0.1, -0.05) is 24.3 Å². The number of nitrogens with one attached hydrogen (secondary N) is 1. The zero-order valence-electron chi connectivity index (χ0n) is 9.61. The molecular formula is C14H9NO3. The minimum atomic E-state index is -0.272. The fourth-order valence-electron chi connectivity index (χ4n) is 2.26. The molecular weight excluding hydrogens is 230 g/mol. The van der Waals surface area contributed by atoms with Crippen molar-refractivity contribution in [3.05, 3.63) is 58.4 Å². The van der Waals surface area contributed by atoms with E-state index in [-0.39, 0.29) is 34.2 Å². The van der Waals surface area contributed by atoms with Gasteiger partial charge in [-0.15, -0.1) is 0 Å². The largest absolute Gasteiger partial charge is 0.357 e. The monoisotopic (exact) mass is 239 g/mol. The van der Waals surface area contributed by atoms with Crippen LogP contribution < -0.4 is 0 Å². The molecule has 1 aromatic carbocycles. The van der Waals surface area contributed by atoms with Crippen molar-refractivity contribution in [2.24, 2.45) is 0 Å². The Hall–Kier alpha value is -2.49. The van der Waals surface area contributed by atoms with Crippen LogP contribution in [0.5, 0.6) is 0 Å². The fourth-order valence-corrected chi connectivity index (χ4v) is 2.26. The number of rotatable bonds is 1. The van der Waals surface area contributed by atoms with Crippen molar-refractivity contribution in [2.75, 3.05) is 0 Å². The van der Waals surface area contributed by atoms with E-state index in [0.29, 0.717) is 11.1 Å². The molecule has 0 saturated carbocycles. The summed E-state index contributed by atoms with van der Waals surface area (Å²) >= 11 is 0. The summed E-state index contributed by atoms with van der Waals surface area (Å²) < 4.78 is 0. The molecule has 1 aliphatic carbocycles. The molecule has 0 saturated heterocycles. The molecule has 4 nitrogen and oxygen atoms in total. The Morgan fingerprint density at radius 3 is 2.28 bits per heavy atom. The zero-order valence-corrected chi connectivity index (χ0v) is 9.61. The summed E-state index contributed by atoms with van der Waals surface area (Å²) in [6, 6.07) is 6.64. The molecule has 0 radical (unpaired) electrons. The first-order chi connectivity index (χ1) is 8.61. The Labute approximate surface area is 103 Å². The van der Waals surface area contributed by atoms with Crippen molar-refractivity contribution in [2.45, 2.75) is 6.92 Å². The average molecular weight is 239 g/mol. The first kappa shape index (κ1) is 10.7. The van der Waals surface area contributed by atoms with Crippen molar-refractivity contribution in [3.8, 4) is 0 Å². The van der Waals surface area contributed by atoms with Crippen molar-refractivity contribution in [1.29, 1.82) is 0 Å². The summed E-state index contributed by atoms with van der Waals surface area (Å²) in [7, 11) is 0. The molecule has 0 spiro atoms. The Morgan fingerprint density at radius 1 is 1.06 bits per heavy atom. The Kier molecular flexibility index (Phi) is 2.07. The summed E-state index contributed by atoms with van der Waals surface area (Å²) in [5.41, 5.74) is 1.43. The van der Waals surface area contributed by atoms with Gasteiger partial charge < -0.3 is 4.98 Å². The second-order valence-corrected chi connectivity index (χ2v) is 4.21. The Balaban J connectivity index is 2.33. The summed E-state index contributed by atoms with van der Waals surface area (Å²) in [5.74, 6) is -0.743. The van der Waals surface area contributed by atoms with E-state index in [9.17, 15) is 14.4 Å². The van der Waals surface area contributed by atoms with Crippen LogP contribution in [-0.4, -0.2) is 22.3 Å². The van der Waals surface area contributed by atoms with Gasteiger partial charge in [-0.2, -0.15) is 0 Å². The number of carbonyl (C=O) groups excluding carboxylic acids is 3. The zero-order chi connectivity index (χ0) is 12.9. The first-order valence-corrected chi connectivity index (χ1v) is 5.52. The highest BCUT2D eigenvalue weighted by Crippen LogP contribution is 2.29. The van der Waals surface area contributed by atoms with Gasteiger partial charge in [0.2, 0.25) is 5.78 Å². The summed E-state index contributed by atoms with van der Waals surface area (Å²) in [6.45, 7) is 1.38. The molecule has 1 heterocycles. The van der Waals surface area contributed by atoms with Crippen LogP contribution in [-0.2, 0) is 0 Å². The third-order valence-electron chi connectivity index (χ3n) is 3.13. The van der Waals surface area contributed by atoms with Gasteiger partial charge in [-0.3, -0.25) is 14.4 Å². The standard InChI is InChI=1S/C14H9NO3/c1-7(16)10-6-15-12-11(10)13(17)8-4-2-3-5-9(8)14(12)18/h2-6,15H,1H3. The highest BCUT2D eigenvalue weighted by atomic mass is 16.1. The fraction of sp³-hybridized carbons (Fsp3) is 0.0714. The van der Waals surface area contributed by atoms with E-state index in [4.69, 9.17) is 0 Å². The van der Waals surface area contributed by atoms with E-state index in [0.717, 1.165) is 0 Å². The van der Waals surface area contributed by atoms with Crippen LogP contribution in [0.15, 0.2) is 30.5 Å². The number of hydrogen-bond acceptors (Lipinski definition) is 3. The van der Waals surface area contributed by atoms with Gasteiger partial charge in [-0.05, 0) is 6.92 Å². The lowest BCUT2D eigenvalue weighted by Gasteiger charge is -2.14. The van der Waals surface area contributed by atoms with Crippen LogP contribution in [0.2, 0.25) is 0 Å². The average Bonchev–Trinajstić information content (AvgIpc) is 2.81. The van der Waals surface area contributed by atoms with Crippen LogP contribution in [0.1, 0.15) is 49.3 Å². The van der Waals surface area contributed by atoms with Crippen LogP contribution >= 0.6 is 0 Å². The Bertz CT molecular complexity index is 710. The van der Waals surface area contributed by atoms with E-state index in [1.54, 1.807) is 24.3 Å². The number of ketones is 3. The van der Waals surface area contributed by atoms with Crippen molar-refractivity contribution in [3.63, 3.8) is 0 Å². The van der Waals surface area contributed by atoms with E-state index in [2.05, 4.69) is 4.98 Å². The summed E-state index contributed by atoms with van der Waals surface area (Å²) in [5, 5.41) is 0. The predicted molar refractivity (Wildman–Crippen MR) is 64.1 cm³/mol. The topological polar surface area (TPSA) is 67.0 Å². The molecule has 1 aliphatic rings. The first-order valence-electron chi connectivity index (χ1n) is 5.52. The quantitative estimate of drug-likeness (QED) is 0.660. The van der Waals surface area contributed by atoms with Gasteiger partial charge in [0.25, 0.3) is 0 Å². The molecule has 0 bridgehead atoms. The lowest BCUT2D eigenvalue weighted by molar-refractivity contribution is 0.0968. The summed E-state index contributed by atoms with van der Waals surface area (Å²) in [6.07, 6.45) is 1.43. The number of Topliss-reactive ketones (excluding diaryl/α,β-unsaturated/α-hetero) is 1. The van der Waals surface area contributed by atoms with E-state index in [1.807, 2.05) is 0 Å². The molecule has 3 rings (SSSR count). The molecule has 1 N–H and O–H groups in total. The summed E-state index contributed by atoms with van der Waals surface area (Å²) in [4.78, 5) is 38.7. The molecule has 0 unspecified atom stereocenters. The Morgan fingerprint density at radius 2 is 1.67 bits per heavy atom. The molecule has 0 fully saturated rings. The van der Waals surface area contributed by atoms with Crippen LogP contribution in [0.25, 0.3) is 0 Å². The maximum Gasteiger partial charge on any atom is 0.210 e. The molecule has 0 amide bonds. The van der Waals surface area contributed by atoms with E-state index in [1.165, 1.54) is 13.1 Å². The molecule has 2 aromatic rings. The predicted octanol–water partition coefficient (Wildman–Crippen LogP) is 1.99. The molecule has 0 aliphatic heterocycles. The van der Waals surface area contributed by atoms with E-state index < -0.39 is 0 Å². The smallest absolute Gasteiger partial charge is 0.210 e. The lowest BCUT2D eigenvalue weighted by Crippen LogP contribution is -2.21. The maximum absolute atomic E-state index is 12.3. The normalized spacial score (nSPS) is 13.2. The van der Waals surface area contributed by atoms with Crippen molar-refractivity contribution >= 4 is 17.3 Å². The number of aromatic amines is 1. The minimum Gasteiger partial charge on any atom is -0.357 e. The number of benzene rings is 1. The van der Waals surface area contributed by atoms with E-state index >= 15 is 0 Å². The minimum absolute atomic E-state index is 0.200. The molecule has 4 heteroatoms. The second kappa shape index (κ2) is 3.50. The lowest BCUT2D eigenvalue weighted by atomic mass is 9.86. The molecule has 88 valence electrons. The van der Waals surface area contributed by atoms with Gasteiger partial charge >= 0.3 is 0 Å². The molecule has 1 aromatic heterocycles. The van der Waals surface area contributed by atoms with Crippen molar-refractivity contribution < 1.29 is 14.4 Å². The highest BCUT2D eigenvalue weighted by Gasteiger charge is 2.33. The van der Waals surface area contributed by atoms with Gasteiger partial charge in [0.1, 0.15) is 0 Å². The van der Waals surface area contributed by atoms with Crippen molar-refractivity contribution in [1.82, 2.24) is 4.98 Å². The molecule has 0 atom stereocenters. The van der Waals surface area contributed by atoms with Crippen LogP contribution in [0, 0.1) is 0 Å². The number of hydrogen-bond donors (Lipinski definition) is 1. The third-order valence-corrected chi connectivity index (χ3v) is 3.13. The SMILES string of the molecule is CC(=O)c1c[nH]c2c1C(=O)c1ccccc1C2=O. The molecule has 18 heavy (non-hydrogen) atoms. The van der Waals surface area contributed by atoms with Gasteiger partial charge in [0.05, 0.1) is 11.3 Å². The second-order valence-electron chi connectivity index (χ2n) is 4.21. The van der Waals surface area contributed by atoms with Crippen LogP contribution in [0.3, 0.4) is 0 Å². The number of aromatic nitrogens is 1. The van der Waals surface area contributed by atoms with Gasteiger partial charge in [0, 0.05) is 22.9 Å². The number of fused-ring (bicyclic) bond motifs is 2. The van der Waals surface area contributed by atoms with Gasteiger partial charge in [-0.25, -0.2) is 0 Å². The van der Waals surface area contributed by atoms with Crippen LogP contribution in [0.4, 0.5) is 0 Å².